The maximum atomic E-state index is 12.4. The molecule has 0 aliphatic carbocycles. The van der Waals surface area contributed by atoms with Crippen molar-refractivity contribution in [2.75, 3.05) is 25.1 Å². The Kier molecular flexibility index (Phi) is 17.0. The number of H-pyrrole nitrogens is 1. The fourth-order valence-electron chi connectivity index (χ4n) is 2.73. The summed E-state index contributed by atoms with van der Waals surface area (Å²) < 4.78 is 0. The summed E-state index contributed by atoms with van der Waals surface area (Å²) in [4.78, 5) is 39.3. The van der Waals surface area contributed by atoms with E-state index in [9.17, 15) is 14.4 Å². The number of thioether (sulfide) groups is 1. The molecule has 2 rings (SSSR count). The number of hydrogen-bond acceptors (Lipinski definition) is 4. The van der Waals surface area contributed by atoms with Gasteiger partial charge in [0, 0.05) is 42.9 Å². The van der Waals surface area contributed by atoms with E-state index >= 15 is 0 Å². The van der Waals surface area contributed by atoms with Crippen molar-refractivity contribution in [1.82, 2.24) is 20.9 Å². The lowest BCUT2D eigenvalue weighted by molar-refractivity contribution is -0.129. The van der Waals surface area contributed by atoms with Gasteiger partial charge in [0.1, 0.15) is 6.04 Å². The first-order chi connectivity index (χ1) is 16.0. The molecular formula is C25H38N4O3S. The molecule has 7 nitrogen and oxygen atoms in total. The summed E-state index contributed by atoms with van der Waals surface area (Å²) in [5.41, 5.74) is 1.90. The molecule has 0 saturated heterocycles. The number of carbonyl (C=O) groups is 3. The van der Waals surface area contributed by atoms with Crippen LogP contribution in [0.15, 0.2) is 30.5 Å². The van der Waals surface area contributed by atoms with Gasteiger partial charge in [0.2, 0.25) is 17.7 Å². The number of aromatic nitrogens is 1. The second-order valence-electron chi connectivity index (χ2n) is 6.64. The van der Waals surface area contributed by atoms with Gasteiger partial charge < -0.3 is 20.9 Å². The average Bonchev–Trinajstić information content (AvgIpc) is 3.25. The predicted molar refractivity (Wildman–Crippen MR) is 139 cm³/mol. The summed E-state index contributed by atoms with van der Waals surface area (Å²) >= 11 is 1.86. The number of hydrogen-bond donors (Lipinski definition) is 4. The Hall–Kier alpha value is -2.92. The molecule has 0 bridgehead atoms. The van der Waals surface area contributed by atoms with Crippen LogP contribution in [-0.2, 0) is 20.8 Å². The number of carbonyl (C=O) groups excluding carboxylic acids is 3. The van der Waals surface area contributed by atoms with Crippen LogP contribution >= 0.6 is 11.8 Å². The van der Waals surface area contributed by atoms with Crippen LogP contribution in [0.2, 0.25) is 0 Å². The summed E-state index contributed by atoms with van der Waals surface area (Å²) in [6.07, 6.45) is 9.86. The molecule has 8 heteroatoms. The van der Waals surface area contributed by atoms with Crippen LogP contribution < -0.4 is 16.0 Å². The quantitative estimate of drug-likeness (QED) is 0.397. The molecule has 4 N–H and O–H groups in total. The van der Waals surface area contributed by atoms with Crippen molar-refractivity contribution in [2.45, 2.75) is 53.0 Å². The van der Waals surface area contributed by atoms with Gasteiger partial charge in [0.15, 0.2) is 0 Å². The summed E-state index contributed by atoms with van der Waals surface area (Å²) in [5, 5.41) is 8.93. The molecule has 182 valence electrons. The molecule has 1 aromatic carbocycles. The Morgan fingerprint density at radius 1 is 1.12 bits per heavy atom. The number of likely N-dealkylation sites (N-methyl/N-ethyl adjacent to an activating group) is 1. The summed E-state index contributed by atoms with van der Waals surface area (Å²) in [6, 6.07) is 7.02. The van der Waals surface area contributed by atoms with Crippen molar-refractivity contribution in [1.29, 1.82) is 0 Å². The molecule has 0 spiro atoms. The van der Waals surface area contributed by atoms with Crippen LogP contribution in [0.25, 0.3) is 10.9 Å². The SMILES string of the molecule is C#CCCC(=O)NCC(=O)NC(Cc1c[nH]c2ccccc12)C(=O)NCC.CC.CCSC. The summed E-state index contributed by atoms with van der Waals surface area (Å²) in [7, 11) is 0. The van der Waals surface area contributed by atoms with Crippen molar-refractivity contribution in [2.24, 2.45) is 0 Å². The number of nitrogens with one attached hydrogen (secondary N) is 4. The molecule has 0 radical (unpaired) electrons. The molecule has 0 saturated carbocycles. The van der Waals surface area contributed by atoms with E-state index in [1.54, 1.807) is 0 Å². The molecule has 0 fully saturated rings. The van der Waals surface area contributed by atoms with Crippen LogP contribution in [0.3, 0.4) is 0 Å². The van der Waals surface area contributed by atoms with Crippen LogP contribution in [0, 0.1) is 12.3 Å². The molecule has 0 aliphatic rings. The first-order valence-electron chi connectivity index (χ1n) is 11.3. The standard InChI is InChI=1S/C20H24N4O3.C3H8S.C2H6/c1-3-5-10-18(25)23-13-19(26)24-17(20(27)21-4-2)11-14-12-22-16-9-7-6-8-15(14)16;1-3-4-2;1-2/h1,6-9,12,17,22H,4-5,10-11,13H2,2H3,(H,21,27)(H,23,25)(H,24,26);3H2,1-2H3;1-2H3. The molecule has 1 aromatic heterocycles. The third-order valence-corrected chi connectivity index (χ3v) is 4.91. The third-order valence-electron chi connectivity index (χ3n) is 4.33. The molecule has 3 amide bonds. The molecule has 33 heavy (non-hydrogen) atoms. The van der Waals surface area contributed by atoms with E-state index in [4.69, 9.17) is 6.42 Å². The second-order valence-corrected chi connectivity index (χ2v) is 7.79. The molecule has 1 unspecified atom stereocenters. The zero-order valence-electron chi connectivity index (χ0n) is 20.4. The largest absolute Gasteiger partial charge is 0.361 e. The van der Waals surface area contributed by atoms with Crippen molar-refractivity contribution >= 4 is 40.4 Å². The summed E-state index contributed by atoms with van der Waals surface area (Å²) in [6.45, 7) is 8.22. The Morgan fingerprint density at radius 3 is 2.39 bits per heavy atom. The fraction of sp³-hybridized carbons (Fsp3) is 0.480. The number of fused-ring (bicyclic) bond motifs is 1. The van der Waals surface area contributed by atoms with Gasteiger partial charge in [-0.15, -0.1) is 12.3 Å². The van der Waals surface area contributed by atoms with E-state index in [0.717, 1.165) is 16.5 Å². The van der Waals surface area contributed by atoms with Gasteiger partial charge in [-0.1, -0.05) is 39.0 Å². The molecule has 1 heterocycles. The smallest absolute Gasteiger partial charge is 0.242 e. The first kappa shape index (κ1) is 30.1. The number of amides is 3. The Bertz CT molecular complexity index is 887. The minimum Gasteiger partial charge on any atom is -0.361 e. The van der Waals surface area contributed by atoms with Gasteiger partial charge in [0.05, 0.1) is 6.54 Å². The Labute approximate surface area is 202 Å². The van der Waals surface area contributed by atoms with E-state index in [-0.39, 0.29) is 24.8 Å². The lowest BCUT2D eigenvalue weighted by Gasteiger charge is -2.18. The number of terminal acetylenes is 1. The Balaban J connectivity index is 0.00000154. The fourth-order valence-corrected chi connectivity index (χ4v) is 2.73. The van der Waals surface area contributed by atoms with Gasteiger partial charge in [-0.2, -0.15) is 11.8 Å². The zero-order chi connectivity index (χ0) is 25.1. The van der Waals surface area contributed by atoms with Gasteiger partial charge in [-0.3, -0.25) is 14.4 Å². The molecule has 2 aromatic rings. The van der Waals surface area contributed by atoms with Crippen LogP contribution in [0.5, 0.6) is 0 Å². The van der Waals surface area contributed by atoms with Crippen molar-refractivity contribution in [3.63, 3.8) is 0 Å². The van der Waals surface area contributed by atoms with Crippen LogP contribution in [0.4, 0.5) is 0 Å². The normalized spacial score (nSPS) is 10.4. The van der Waals surface area contributed by atoms with E-state index < -0.39 is 11.9 Å². The monoisotopic (exact) mass is 474 g/mol. The van der Waals surface area contributed by atoms with E-state index in [1.165, 1.54) is 5.75 Å². The second kappa shape index (κ2) is 18.6. The lowest BCUT2D eigenvalue weighted by Crippen LogP contribution is -2.50. The van der Waals surface area contributed by atoms with Gasteiger partial charge >= 0.3 is 0 Å². The molecular weight excluding hydrogens is 436 g/mol. The highest BCUT2D eigenvalue weighted by Gasteiger charge is 2.22. The van der Waals surface area contributed by atoms with Crippen LogP contribution in [-0.4, -0.2) is 53.8 Å². The first-order valence-corrected chi connectivity index (χ1v) is 12.7. The topological polar surface area (TPSA) is 103 Å². The number of rotatable bonds is 10. The third kappa shape index (κ3) is 12.0. The van der Waals surface area contributed by atoms with Crippen molar-refractivity contribution in [3.05, 3.63) is 36.0 Å². The lowest BCUT2D eigenvalue weighted by atomic mass is 10.0. The Morgan fingerprint density at radius 2 is 1.79 bits per heavy atom. The average molecular weight is 475 g/mol. The number of benzene rings is 1. The van der Waals surface area contributed by atoms with Gasteiger partial charge in [-0.05, 0) is 30.6 Å². The minimum absolute atomic E-state index is 0.166. The highest BCUT2D eigenvalue weighted by molar-refractivity contribution is 7.98. The highest BCUT2D eigenvalue weighted by Crippen LogP contribution is 2.19. The molecule has 0 aliphatic heterocycles. The van der Waals surface area contributed by atoms with Crippen molar-refractivity contribution < 1.29 is 14.4 Å². The summed E-state index contributed by atoms with van der Waals surface area (Å²) in [5.74, 6) is 2.61. The maximum absolute atomic E-state index is 12.4. The highest BCUT2D eigenvalue weighted by atomic mass is 32.2. The minimum atomic E-state index is -0.737. The number of aromatic amines is 1. The van der Waals surface area contributed by atoms with E-state index in [0.29, 0.717) is 19.4 Å². The van der Waals surface area contributed by atoms with Gasteiger partial charge in [-0.25, -0.2) is 0 Å². The zero-order valence-corrected chi connectivity index (χ0v) is 21.2. The van der Waals surface area contributed by atoms with Crippen molar-refractivity contribution in [3.8, 4) is 12.3 Å². The van der Waals surface area contributed by atoms with E-state index in [2.05, 4.69) is 40.0 Å². The number of para-hydroxylation sites is 1. The molecule has 1 atom stereocenters. The van der Waals surface area contributed by atoms with E-state index in [1.807, 2.05) is 63.0 Å². The van der Waals surface area contributed by atoms with Gasteiger partial charge in [0.25, 0.3) is 0 Å². The predicted octanol–water partition coefficient (Wildman–Crippen LogP) is 3.26. The maximum Gasteiger partial charge on any atom is 0.242 e. The van der Waals surface area contributed by atoms with Crippen LogP contribution in [0.1, 0.15) is 46.1 Å².